The molecule has 1 saturated heterocycles. The SMILES string of the molecule is Cc1cccc(CN(C(=O)CC[C@H]2CCCN(C)C2)C(C)C)c1. The van der Waals surface area contributed by atoms with Crippen molar-refractivity contribution in [3.63, 3.8) is 0 Å². The molecule has 128 valence electrons. The van der Waals surface area contributed by atoms with E-state index in [1.807, 2.05) is 4.90 Å². The largest absolute Gasteiger partial charge is 0.336 e. The first kappa shape index (κ1) is 18.0. The maximum absolute atomic E-state index is 12.7. The zero-order valence-electron chi connectivity index (χ0n) is 15.2. The van der Waals surface area contributed by atoms with Crippen molar-refractivity contribution in [1.82, 2.24) is 9.80 Å². The Hall–Kier alpha value is -1.35. The minimum absolute atomic E-state index is 0.247. The van der Waals surface area contributed by atoms with Gasteiger partial charge in [-0.2, -0.15) is 0 Å². The highest BCUT2D eigenvalue weighted by atomic mass is 16.2. The van der Waals surface area contributed by atoms with E-state index in [2.05, 4.69) is 57.0 Å². The second-order valence-corrected chi connectivity index (χ2v) is 7.41. The zero-order valence-corrected chi connectivity index (χ0v) is 15.2. The van der Waals surface area contributed by atoms with Crippen LogP contribution in [0.25, 0.3) is 0 Å². The van der Waals surface area contributed by atoms with Crippen LogP contribution >= 0.6 is 0 Å². The van der Waals surface area contributed by atoms with Gasteiger partial charge < -0.3 is 9.80 Å². The Bertz CT molecular complexity index is 512. The van der Waals surface area contributed by atoms with E-state index in [0.29, 0.717) is 18.2 Å². The fourth-order valence-electron chi connectivity index (χ4n) is 3.55. The molecule has 3 nitrogen and oxygen atoms in total. The third-order valence-electron chi connectivity index (χ3n) is 4.87. The van der Waals surface area contributed by atoms with Crippen molar-refractivity contribution < 1.29 is 4.79 Å². The fourth-order valence-corrected chi connectivity index (χ4v) is 3.55. The summed E-state index contributed by atoms with van der Waals surface area (Å²) in [7, 11) is 2.19. The Morgan fingerprint density at radius 1 is 1.39 bits per heavy atom. The monoisotopic (exact) mass is 316 g/mol. The van der Waals surface area contributed by atoms with Gasteiger partial charge in [-0.05, 0) is 65.1 Å². The Balaban J connectivity index is 1.90. The minimum Gasteiger partial charge on any atom is -0.336 e. The Morgan fingerprint density at radius 2 is 2.17 bits per heavy atom. The van der Waals surface area contributed by atoms with Crippen LogP contribution in [0, 0.1) is 12.8 Å². The first-order chi connectivity index (χ1) is 11.0. The highest BCUT2D eigenvalue weighted by Crippen LogP contribution is 2.21. The van der Waals surface area contributed by atoms with Gasteiger partial charge in [0, 0.05) is 25.6 Å². The molecule has 0 saturated carbocycles. The molecule has 0 radical (unpaired) electrons. The predicted octanol–water partition coefficient (Wildman–Crippen LogP) is 3.85. The van der Waals surface area contributed by atoms with Crippen molar-refractivity contribution in [2.75, 3.05) is 20.1 Å². The van der Waals surface area contributed by atoms with E-state index >= 15 is 0 Å². The first-order valence-corrected chi connectivity index (χ1v) is 8.99. The van der Waals surface area contributed by atoms with Crippen LogP contribution < -0.4 is 0 Å². The number of benzene rings is 1. The summed E-state index contributed by atoms with van der Waals surface area (Å²) in [4.78, 5) is 17.1. The minimum atomic E-state index is 0.247. The summed E-state index contributed by atoms with van der Waals surface area (Å²) in [6.45, 7) is 9.40. The molecule has 1 aromatic rings. The molecule has 3 heteroatoms. The number of rotatable bonds is 6. The Morgan fingerprint density at radius 3 is 2.83 bits per heavy atom. The van der Waals surface area contributed by atoms with Crippen molar-refractivity contribution in [3.05, 3.63) is 35.4 Å². The summed E-state index contributed by atoms with van der Waals surface area (Å²) in [6, 6.07) is 8.72. The highest BCUT2D eigenvalue weighted by Gasteiger charge is 2.21. The molecule has 0 N–H and O–H groups in total. The van der Waals surface area contributed by atoms with Gasteiger partial charge in [-0.25, -0.2) is 0 Å². The smallest absolute Gasteiger partial charge is 0.223 e. The molecule has 0 aliphatic carbocycles. The van der Waals surface area contributed by atoms with Gasteiger partial charge in [-0.1, -0.05) is 29.8 Å². The lowest BCUT2D eigenvalue weighted by Gasteiger charge is -2.31. The third-order valence-corrected chi connectivity index (χ3v) is 4.87. The lowest BCUT2D eigenvalue weighted by atomic mass is 9.93. The van der Waals surface area contributed by atoms with Gasteiger partial charge >= 0.3 is 0 Å². The number of aryl methyl sites for hydroxylation is 1. The number of carbonyl (C=O) groups is 1. The summed E-state index contributed by atoms with van der Waals surface area (Å²) < 4.78 is 0. The second kappa shape index (κ2) is 8.49. The van der Waals surface area contributed by atoms with Crippen LogP contribution in [-0.4, -0.2) is 41.9 Å². The van der Waals surface area contributed by atoms with Crippen molar-refractivity contribution in [2.24, 2.45) is 5.92 Å². The van der Waals surface area contributed by atoms with E-state index in [1.165, 1.54) is 30.5 Å². The summed E-state index contributed by atoms with van der Waals surface area (Å²) in [5, 5.41) is 0. The van der Waals surface area contributed by atoms with Gasteiger partial charge in [0.15, 0.2) is 0 Å². The zero-order chi connectivity index (χ0) is 16.8. The van der Waals surface area contributed by atoms with Crippen LogP contribution in [-0.2, 0) is 11.3 Å². The van der Waals surface area contributed by atoms with Gasteiger partial charge in [-0.3, -0.25) is 4.79 Å². The van der Waals surface area contributed by atoms with Gasteiger partial charge in [0.25, 0.3) is 0 Å². The van der Waals surface area contributed by atoms with Crippen molar-refractivity contribution >= 4 is 5.91 Å². The van der Waals surface area contributed by atoms with E-state index in [1.54, 1.807) is 0 Å². The molecule has 1 amide bonds. The Kier molecular flexibility index (Phi) is 6.64. The molecule has 1 aliphatic heterocycles. The van der Waals surface area contributed by atoms with E-state index < -0.39 is 0 Å². The fraction of sp³-hybridized carbons (Fsp3) is 0.650. The first-order valence-electron chi connectivity index (χ1n) is 8.99. The lowest BCUT2D eigenvalue weighted by Crippen LogP contribution is -2.37. The number of carbonyl (C=O) groups excluding carboxylic acids is 1. The molecule has 23 heavy (non-hydrogen) atoms. The second-order valence-electron chi connectivity index (χ2n) is 7.41. The van der Waals surface area contributed by atoms with Crippen molar-refractivity contribution in [3.8, 4) is 0 Å². The highest BCUT2D eigenvalue weighted by molar-refractivity contribution is 5.76. The molecule has 1 aromatic carbocycles. The maximum atomic E-state index is 12.7. The normalized spacial score (nSPS) is 19.1. The molecule has 1 atom stereocenters. The molecule has 0 spiro atoms. The summed E-state index contributed by atoms with van der Waals surface area (Å²) in [5.74, 6) is 0.986. The number of amides is 1. The van der Waals surface area contributed by atoms with Crippen LogP contribution in [0.15, 0.2) is 24.3 Å². The van der Waals surface area contributed by atoms with Gasteiger partial charge in [0.2, 0.25) is 5.91 Å². The molecule has 0 bridgehead atoms. The molecule has 0 unspecified atom stereocenters. The number of hydrogen-bond donors (Lipinski definition) is 0. The molecule has 2 rings (SSSR count). The van der Waals surface area contributed by atoms with E-state index in [4.69, 9.17) is 0 Å². The predicted molar refractivity (Wildman–Crippen MR) is 96.3 cm³/mol. The molecular formula is C20H32N2O. The summed E-state index contributed by atoms with van der Waals surface area (Å²) >= 11 is 0. The van der Waals surface area contributed by atoms with Crippen LogP contribution in [0.4, 0.5) is 0 Å². The van der Waals surface area contributed by atoms with E-state index in [-0.39, 0.29) is 6.04 Å². The third kappa shape index (κ3) is 5.65. The van der Waals surface area contributed by atoms with E-state index in [0.717, 1.165) is 19.5 Å². The summed E-state index contributed by atoms with van der Waals surface area (Å²) in [5.41, 5.74) is 2.48. The standard InChI is InChI=1S/C20H32N2O/c1-16(2)22(15-19-8-5-7-17(3)13-19)20(23)11-10-18-9-6-12-21(4)14-18/h5,7-8,13,16,18H,6,9-12,14-15H2,1-4H3/t18-/m1/s1. The molecule has 1 fully saturated rings. The van der Waals surface area contributed by atoms with Gasteiger partial charge in [0.1, 0.15) is 0 Å². The number of piperidine rings is 1. The molecule has 1 heterocycles. The molecule has 1 aliphatic rings. The Labute approximate surface area is 141 Å². The lowest BCUT2D eigenvalue weighted by molar-refractivity contribution is -0.134. The molecule has 0 aromatic heterocycles. The number of nitrogens with zero attached hydrogens (tertiary/aromatic N) is 2. The molecular weight excluding hydrogens is 284 g/mol. The maximum Gasteiger partial charge on any atom is 0.223 e. The van der Waals surface area contributed by atoms with Crippen LogP contribution in [0.5, 0.6) is 0 Å². The average Bonchev–Trinajstić information content (AvgIpc) is 2.50. The van der Waals surface area contributed by atoms with Gasteiger partial charge in [-0.15, -0.1) is 0 Å². The van der Waals surface area contributed by atoms with Gasteiger partial charge in [0.05, 0.1) is 0 Å². The van der Waals surface area contributed by atoms with Crippen LogP contribution in [0.2, 0.25) is 0 Å². The number of hydrogen-bond acceptors (Lipinski definition) is 2. The van der Waals surface area contributed by atoms with Crippen molar-refractivity contribution in [2.45, 2.75) is 59.0 Å². The van der Waals surface area contributed by atoms with Crippen LogP contribution in [0.3, 0.4) is 0 Å². The summed E-state index contributed by atoms with van der Waals surface area (Å²) in [6.07, 6.45) is 4.26. The van der Waals surface area contributed by atoms with E-state index in [9.17, 15) is 4.79 Å². The number of likely N-dealkylation sites (tertiary alicyclic amines) is 1. The quantitative estimate of drug-likeness (QED) is 0.796. The van der Waals surface area contributed by atoms with Crippen molar-refractivity contribution in [1.29, 1.82) is 0 Å². The average molecular weight is 316 g/mol. The topological polar surface area (TPSA) is 23.6 Å². The van der Waals surface area contributed by atoms with Crippen LogP contribution in [0.1, 0.15) is 50.7 Å².